The second kappa shape index (κ2) is 13.2. The van der Waals surface area contributed by atoms with Gasteiger partial charge in [-0.05, 0) is 55.8 Å². The number of aromatic nitrogens is 2. The predicted molar refractivity (Wildman–Crippen MR) is 161 cm³/mol. The zero-order valence-corrected chi connectivity index (χ0v) is 24.1. The lowest BCUT2D eigenvalue weighted by Crippen LogP contribution is -2.38. The minimum absolute atomic E-state index is 0.0183. The van der Waals surface area contributed by atoms with Crippen molar-refractivity contribution in [3.05, 3.63) is 99.6 Å². The van der Waals surface area contributed by atoms with Gasteiger partial charge in [0, 0.05) is 55.1 Å². The van der Waals surface area contributed by atoms with Crippen molar-refractivity contribution in [2.45, 2.75) is 19.4 Å². The minimum Gasteiger partial charge on any atom is -0.481 e. The molecule has 2 aromatic carbocycles. The number of ether oxygens (including phenoxy) is 1. The summed E-state index contributed by atoms with van der Waals surface area (Å²) < 4.78 is 35.7. The number of nitrogens with one attached hydrogen (secondary N) is 1. The van der Waals surface area contributed by atoms with Gasteiger partial charge in [0.1, 0.15) is 22.2 Å². The van der Waals surface area contributed by atoms with Crippen LogP contribution in [0.4, 0.5) is 20.3 Å². The number of hydrogen-bond donors (Lipinski definition) is 3. The van der Waals surface area contributed by atoms with E-state index in [0.29, 0.717) is 44.6 Å². The van der Waals surface area contributed by atoms with Crippen LogP contribution in [0.15, 0.2) is 71.9 Å². The Morgan fingerprint density at radius 1 is 1.05 bits per heavy atom. The monoisotopic (exact) mass is 623 g/mol. The van der Waals surface area contributed by atoms with Gasteiger partial charge in [-0.1, -0.05) is 23.7 Å². The highest BCUT2D eigenvalue weighted by atomic mass is 35.5. The number of nitrogen functional groups attached to an aromatic ring is 1. The molecule has 228 valence electrons. The number of nitrogens with zero attached hydrogens (tertiary/aromatic N) is 3. The Kier molecular flexibility index (Phi) is 9.21. The molecule has 1 fully saturated rings. The molecule has 0 spiro atoms. The van der Waals surface area contributed by atoms with E-state index >= 15 is 0 Å². The van der Waals surface area contributed by atoms with Gasteiger partial charge in [-0.15, -0.1) is 0 Å². The quantitative estimate of drug-likeness (QED) is 0.229. The number of aliphatic carboxylic acids is 1. The van der Waals surface area contributed by atoms with Crippen molar-refractivity contribution in [2.75, 3.05) is 30.7 Å². The molecule has 0 saturated carbocycles. The van der Waals surface area contributed by atoms with Gasteiger partial charge < -0.3 is 30.4 Å². The van der Waals surface area contributed by atoms with Crippen molar-refractivity contribution in [1.29, 1.82) is 0 Å². The molecule has 0 unspecified atom stereocenters. The van der Waals surface area contributed by atoms with Crippen LogP contribution in [-0.4, -0.2) is 51.1 Å². The van der Waals surface area contributed by atoms with Crippen LogP contribution in [0.1, 0.15) is 23.2 Å². The average Bonchev–Trinajstić information content (AvgIpc) is 3.00. The predicted octanol–water partition coefficient (Wildman–Crippen LogP) is 5.27. The molecule has 4 N–H and O–H groups in total. The number of anilines is 2. The highest BCUT2D eigenvalue weighted by Gasteiger charge is 2.24. The van der Waals surface area contributed by atoms with E-state index in [9.17, 15) is 28.3 Å². The van der Waals surface area contributed by atoms with Gasteiger partial charge in [-0.3, -0.25) is 14.4 Å². The second-order valence-electron chi connectivity index (χ2n) is 10.3. The number of likely N-dealkylation sites (tertiary alicyclic amines) is 1. The molecule has 2 aromatic heterocycles. The standard InChI is InChI=1S/C31H28ClF2N5O5/c32-27-26(7-10-36-29(27)35)44-25-6-5-21(15-24(25)34)37-30(41)23-17-39(14-13-38-11-8-19(9-12-38)31(42)43)16-22(28(23)40)18-1-3-20(33)4-2-18/h1-7,10,15-17,19H,8-9,11-14H2,(H2,35,36)(H,37,41)(H,42,43). The molecule has 3 heterocycles. The van der Waals surface area contributed by atoms with Crippen molar-refractivity contribution in [2.24, 2.45) is 5.92 Å². The summed E-state index contributed by atoms with van der Waals surface area (Å²) in [6.45, 7) is 2.18. The largest absolute Gasteiger partial charge is 0.481 e. The van der Waals surface area contributed by atoms with E-state index in [2.05, 4.69) is 15.2 Å². The molecule has 0 radical (unpaired) electrons. The van der Waals surface area contributed by atoms with Crippen LogP contribution in [0.2, 0.25) is 5.02 Å². The molecule has 0 atom stereocenters. The number of carbonyl (C=O) groups excluding carboxylic acids is 1. The fourth-order valence-electron chi connectivity index (χ4n) is 4.92. The zero-order chi connectivity index (χ0) is 31.4. The topological polar surface area (TPSA) is 140 Å². The molecule has 4 aromatic rings. The average molecular weight is 624 g/mol. The van der Waals surface area contributed by atoms with Crippen LogP contribution in [0.3, 0.4) is 0 Å². The highest BCUT2D eigenvalue weighted by molar-refractivity contribution is 6.34. The van der Waals surface area contributed by atoms with Gasteiger partial charge in [-0.25, -0.2) is 13.8 Å². The van der Waals surface area contributed by atoms with E-state index in [-0.39, 0.29) is 45.1 Å². The number of carbonyl (C=O) groups is 2. The van der Waals surface area contributed by atoms with Crippen LogP contribution in [-0.2, 0) is 11.3 Å². The smallest absolute Gasteiger partial charge is 0.306 e. The number of carboxylic acids is 1. The summed E-state index contributed by atoms with van der Waals surface area (Å²) in [6, 6.07) is 10.5. The Bertz CT molecular complexity index is 1760. The van der Waals surface area contributed by atoms with E-state index in [0.717, 1.165) is 6.07 Å². The third-order valence-corrected chi connectivity index (χ3v) is 7.76. The van der Waals surface area contributed by atoms with Crippen LogP contribution in [0.25, 0.3) is 11.1 Å². The minimum atomic E-state index is -0.807. The number of benzene rings is 2. The number of hydrogen-bond acceptors (Lipinski definition) is 7. The first-order valence-corrected chi connectivity index (χ1v) is 14.1. The molecular formula is C31H28ClF2N5O5. The van der Waals surface area contributed by atoms with Gasteiger partial charge in [-0.2, -0.15) is 0 Å². The summed E-state index contributed by atoms with van der Waals surface area (Å²) in [4.78, 5) is 44.1. The van der Waals surface area contributed by atoms with E-state index in [1.165, 1.54) is 54.9 Å². The van der Waals surface area contributed by atoms with E-state index in [1.54, 1.807) is 10.8 Å². The maximum atomic E-state index is 14.9. The first-order valence-electron chi connectivity index (χ1n) is 13.7. The molecule has 44 heavy (non-hydrogen) atoms. The van der Waals surface area contributed by atoms with Gasteiger partial charge in [0.15, 0.2) is 17.3 Å². The van der Waals surface area contributed by atoms with Crippen LogP contribution in [0.5, 0.6) is 11.5 Å². The zero-order valence-electron chi connectivity index (χ0n) is 23.3. The van der Waals surface area contributed by atoms with Gasteiger partial charge in [0.2, 0.25) is 5.43 Å². The summed E-state index contributed by atoms with van der Waals surface area (Å²) in [5.74, 6) is -3.28. The maximum absolute atomic E-state index is 14.9. The summed E-state index contributed by atoms with van der Waals surface area (Å²) in [7, 11) is 0. The summed E-state index contributed by atoms with van der Waals surface area (Å²) >= 11 is 6.07. The number of amides is 1. The lowest BCUT2D eigenvalue weighted by atomic mass is 9.97. The molecule has 0 aliphatic carbocycles. The normalized spacial score (nSPS) is 13.9. The van der Waals surface area contributed by atoms with Gasteiger partial charge in [0.25, 0.3) is 5.91 Å². The van der Waals surface area contributed by atoms with E-state index in [4.69, 9.17) is 22.1 Å². The van der Waals surface area contributed by atoms with Gasteiger partial charge >= 0.3 is 5.97 Å². The number of rotatable bonds is 9. The Hall–Kier alpha value is -4.81. The van der Waals surface area contributed by atoms with Crippen LogP contribution >= 0.6 is 11.6 Å². The molecular weight excluding hydrogens is 596 g/mol. The van der Waals surface area contributed by atoms with Crippen LogP contribution < -0.4 is 21.2 Å². The molecule has 10 nitrogen and oxygen atoms in total. The Morgan fingerprint density at radius 3 is 2.45 bits per heavy atom. The van der Waals surface area contributed by atoms with Crippen molar-refractivity contribution in [3.63, 3.8) is 0 Å². The van der Waals surface area contributed by atoms with Crippen LogP contribution in [0, 0.1) is 17.6 Å². The Morgan fingerprint density at radius 2 is 1.77 bits per heavy atom. The van der Waals surface area contributed by atoms with E-state index in [1.807, 2.05) is 0 Å². The van der Waals surface area contributed by atoms with Crippen molar-refractivity contribution >= 4 is 35.0 Å². The molecule has 1 aliphatic heterocycles. The molecule has 5 rings (SSSR count). The summed E-state index contributed by atoms with van der Waals surface area (Å²) in [5.41, 5.74) is 5.56. The molecule has 1 aliphatic rings. The maximum Gasteiger partial charge on any atom is 0.306 e. The van der Waals surface area contributed by atoms with Crippen molar-refractivity contribution in [3.8, 4) is 22.6 Å². The Labute approximate surface area is 255 Å². The number of nitrogens with two attached hydrogens (primary N) is 1. The molecule has 1 amide bonds. The third kappa shape index (κ3) is 7.04. The van der Waals surface area contributed by atoms with Crippen molar-refractivity contribution in [1.82, 2.24) is 14.5 Å². The van der Waals surface area contributed by atoms with Gasteiger partial charge in [0.05, 0.1) is 5.92 Å². The molecule has 0 bridgehead atoms. The number of carboxylic acid groups (broad SMARTS) is 1. The summed E-state index contributed by atoms with van der Waals surface area (Å²) in [5, 5.41) is 11.8. The first kappa shape index (κ1) is 30.6. The molecule has 1 saturated heterocycles. The van der Waals surface area contributed by atoms with E-state index < -0.39 is 28.9 Å². The number of piperidine rings is 1. The SMILES string of the molecule is Nc1nccc(Oc2ccc(NC(=O)c3cn(CCN4CCC(C(=O)O)CC4)cc(-c4ccc(F)cc4)c3=O)cc2F)c1Cl. The highest BCUT2D eigenvalue weighted by Crippen LogP contribution is 2.34. The number of halogens is 3. The summed E-state index contributed by atoms with van der Waals surface area (Å²) in [6.07, 6.45) is 5.45. The Balaban J connectivity index is 1.37. The fraction of sp³-hybridized carbons (Fsp3) is 0.226. The lowest BCUT2D eigenvalue weighted by Gasteiger charge is -2.30. The third-order valence-electron chi connectivity index (χ3n) is 7.38. The molecule has 13 heteroatoms. The number of pyridine rings is 2. The first-order chi connectivity index (χ1) is 21.1. The lowest BCUT2D eigenvalue weighted by molar-refractivity contribution is -0.143. The fourth-order valence-corrected chi connectivity index (χ4v) is 5.07. The second-order valence-corrected chi connectivity index (χ2v) is 10.7. The van der Waals surface area contributed by atoms with Crippen molar-refractivity contribution < 1.29 is 28.2 Å².